The van der Waals surface area contributed by atoms with E-state index in [1.807, 2.05) is 0 Å². The van der Waals surface area contributed by atoms with Crippen molar-refractivity contribution in [2.45, 2.75) is 175 Å². The first-order valence-electron chi connectivity index (χ1n) is 14.7. The van der Waals surface area contributed by atoms with E-state index in [4.69, 9.17) is 4.43 Å². The number of hydrogen-bond donors (Lipinski definition) is 0. The maximum atomic E-state index is 11.8. The molecule has 0 aromatic rings. The summed E-state index contributed by atoms with van der Waals surface area (Å²) < 4.78 is 5.07. The molecule has 0 heterocycles. The fraction of sp³-hybridized carbons (Fsp3) is 0.966. The summed E-state index contributed by atoms with van der Waals surface area (Å²) in [5.41, 5.74) is 0.478. The summed E-state index contributed by atoms with van der Waals surface area (Å²) >= 11 is 0. The molecule has 2 nitrogen and oxygen atoms in total. The van der Waals surface area contributed by atoms with E-state index in [1.165, 1.54) is 141 Å². The van der Waals surface area contributed by atoms with Crippen LogP contribution >= 0.6 is 0 Å². The minimum Gasteiger partial charge on any atom is -0.529 e. The van der Waals surface area contributed by atoms with E-state index in [2.05, 4.69) is 20.8 Å². The quantitative estimate of drug-likeness (QED) is 0.0985. The predicted octanol–water partition coefficient (Wildman–Crippen LogP) is 9.22. The van der Waals surface area contributed by atoms with Gasteiger partial charge in [-0.2, -0.15) is 0 Å². The smallest absolute Gasteiger partial charge is 0.291 e. The number of carbonyl (C=O) groups is 1. The first kappa shape index (κ1) is 31.7. The molecule has 0 aliphatic rings. The van der Waals surface area contributed by atoms with Crippen molar-refractivity contribution in [3.63, 3.8) is 0 Å². The van der Waals surface area contributed by atoms with Gasteiger partial charge in [-0.05, 0) is 37.5 Å². The third-order valence-corrected chi connectivity index (χ3v) is 7.95. The van der Waals surface area contributed by atoms with Crippen molar-refractivity contribution in [2.75, 3.05) is 0 Å². The van der Waals surface area contributed by atoms with Crippen LogP contribution in [0.4, 0.5) is 0 Å². The summed E-state index contributed by atoms with van der Waals surface area (Å²) in [6.45, 7) is 6.90. The maximum absolute atomic E-state index is 11.8. The second kappa shape index (κ2) is 23.8. The molecule has 0 fully saturated rings. The Bertz CT molecular complexity index is 356. The fourth-order valence-electron chi connectivity index (χ4n) is 5.30. The highest BCUT2D eigenvalue weighted by Gasteiger charge is 2.28. The number of carbonyl (C=O) groups excluding carboxylic acids is 1. The Morgan fingerprint density at radius 2 is 0.844 bits per heavy atom. The summed E-state index contributed by atoms with van der Waals surface area (Å²) in [5, 5.41) is 0. The van der Waals surface area contributed by atoms with Gasteiger partial charge in [0.15, 0.2) is 0 Å². The second-order valence-electron chi connectivity index (χ2n) is 10.5. The molecule has 0 saturated heterocycles. The minimum atomic E-state index is 0.0317. The summed E-state index contributed by atoms with van der Waals surface area (Å²) in [6, 6.07) is 0. The van der Waals surface area contributed by atoms with Crippen molar-refractivity contribution in [3.05, 3.63) is 0 Å². The molecule has 0 amide bonds. The molecule has 3 heteroatoms. The Hall–Kier alpha value is -0.313. The van der Waals surface area contributed by atoms with E-state index in [9.17, 15) is 4.79 Å². The van der Waals surface area contributed by atoms with E-state index in [-0.39, 0.29) is 5.97 Å². The molecular formula is C29H60O2Si. The summed E-state index contributed by atoms with van der Waals surface area (Å²) in [7, 11) is 0.537. The molecule has 0 aliphatic heterocycles. The Balaban J connectivity index is 4.81. The van der Waals surface area contributed by atoms with Crippen molar-refractivity contribution in [3.8, 4) is 0 Å². The third kappa shape index (κ3) is 19.2. The van der Waals surface area contributed by atoms with Crippen molar-refractivity contribution in [1.82, 2.24) is 0 Å². The van der Waals surface area contributed by atoms with Gasteiger partial charge in [-0.1, -0.05) is 136 Å². The second-order valence-corrected chi connectivity index (χ2v) is 10.9. The minimum absolute atomic E-state index is 0.0317. The van der Waals surface area contributed by atoms with Gasteiger partial charge in [0, 0.05) is 6.42 Å². The number of hydrogen-bond acceptors (Lipinski definition) is 2. The standard InChI is InChI=1S/C29H60O2Si/c1-4-7-10-13-16-19-24-29(27-22-23-28(30)31-32,25-20-17-14-11-8-5-2)26-21-18-15-12-9-6-3/h4-27H2,1-3,32H3. The van der Waals surface area contributed by atoms with E-state index in [0.29, 0.717) is 22.3 Å². The van der Waals surface area contributed by atoms with Gasteiger partial charge in [0.2, 0.25) is 10.5 Å². The molecule has 0 radical (unpaired) electrons. The fourth-order valence-corrected chi connectivity index (χ4v) is 5.50. The van der Waals surface area contributed by atoms with Gasteiger partial charge in [-0.25, -0.2) is 0 Å². The zero-order valence-electron chi connectivity index (χ0n) is 22.8. The molecule has 0 N–H and O–H groups in total. The molecule has 0 aliphatic carbocycles. The Morgan fingerprint density at radius 1 is 0.531 bits per heavy atom. The maximum Gasteiger partial charge on any atom is 0.291 e. The van der Waals surface area contributed by atoms with Crippen LogP contribution in [-0.2, 0) is 9.22 Å². The molecular weight excluding hydrogens is 408 g/mol. The van der Waals surface area contributed by atoms with Gasteiger partial charge in [-0.3, -0.25) is 4.79 Å². The van der Waals surface area contributed by atoms with Crippen LogP contribution < -0.4 is 0 Å². The lowest BCUT2D eigenvalue weighted by molar-refractivity contribution is -0.134. The average Bonchev–Trinajstić information content (AvgIpc) is 2.80. The molecule has 32 heavy (non-hydrogen) atoms. The van der Waals surface area contributed by atoms with Crippen LogP contribution in [0.25, 0.3) is 0 Å². The molecule has 0 unspecified atom stereocenters. The van der Waals surface area contributed by atoms with Crippen LogP contribution in [-0.4, -0.2) is 16.5 Å². The molecule has 0 aromatic carbocycles. The molecule has 0 saturated carbocycles. The highest BCUT2D eigenvalue weighted by atomic mass is 28.2. The van der Waals surface area contributed by atoms with E-state index < -0.39 is 0 Å². The molecule has 0 spiro atoms. The van der Waals surface area contributed by atoms with Crippen LogP contribution in [0.2, 0.25) is 0 Å². The van der Waals surface area contributed by atoms with Gasteiger partial charge in [0.1, 0.15) is 0 Å². The molecule has 192 valence electrons. The largest absolute Gasteiger partial charge is 0.529 e. The van der Waals surface area contributed by atoms with E-state index in [0.717, 1.165) is 6.42 Å². The zero-order valence-corrected chi connectivity index (χ0v) is 24.8. The number of rotatable bonds is 25. The van der Waals surface area contributed by atoms with E-state index >= 15 is 0 Å². The highest BCUT2D eigenvalue weighted by Crippen LogP contribution is 2.42. The SMILES string of the molecule is CCCCCCCCC(CCCCCCCC)(CCCCCCCC)CCCC(=O)O[SiH3]. The summed E-state index contributed by atoms with van der Waals surface area (Å²) in [5.74, 6) is 0.0317. The molecule has 0 bridgehead atoms. The predicted molar refractivity (Wildman–Crippen MR) is 146 cm³/mol. The highest BCUT2D eigenvalue weighted by molar-refractivity contribution is 6.05. The van der Waals surface area contributed by atoms with Crippen LogP contribution in [0.5, 0.6) is 0 Å². The third-order valence-electron chi connectivity index (χ3n) is 7.50. The normalized spacial score (nSPS) is 11.8. The van der Waals surface area contributed by atoms with Crippen LogP contribution in [0, 0.1) is 5.41 Å². The van der Waals surface area contributed by atoms with Gasteiger partial charge >= 0.3 is 0 Å². The molecule has 0 aromatic heterocycles. The monoisotopic (exact) mass is 468 g/mol. The van der Waals surface area contributed by atoms with Crippen LogP contribution in [0.1, 0.15) is 175 Å². The average molecular weight is 469 g/mol. The van der Waals surface area contributed by atoms with Gasteiger partial charge in [-0.15, -0.1) is 0 Å². The summed E-state index contributed by atoms with van der Waals surface area (Å²) in [6.07, 6.45) is 32.0. The molecule has 0 atom stereocenters. The first-order chi connectivity index (χ1) is 15.6. The van der Waals surface area contributed by atoms with Gasteiger partial charge in [0.05, 0.1) is 0 Å². The lowest BCUT2D eigenvalue weighted by Gasteiger charge is -2.35. The Labute approximate surface area is 206 Å². The lowest BCUT2D eigenvalue weighted by atomic mass is 9.70. The van der Waals surface area contributed by atoms with Crippen LogP contribution in [0.15, 0.2) is 0 Å². The number of unbranched alkanes of at least 4 members (excludes halogenated alkanes) is 15. The summed E-state index contributed by atoms with van der Waals surface area (Å²) in [4.78, 5) is 11.8. The van der Waals surface area contributed by atoms with Crippen molar-refractivity contribution in [2.24, 2.45) is 5.41 Å². The first-order valence-corrected chi connectivity index (χ1v) is 15.5. The topological polar surface area (TPSA) is 26.3 Å². The van der Waals surface area contributed by atoms with Crippen molar-refractivity contribution < 1.29 is 9.22 Å². The lowest BCUT2D eigenvalue weighted by Crippen LogP contribution is -2.22. The Kier molecular flexibility index (Phi) is 23.6. The van der Waals surface area contributed by atoms with Crippen molar-refractivity contribution >= 4 is 16.5 Å². The van der Waals surface area contributed by atoms with Crippen molar-refractivity contribution in [1.29, 1.82) is 0 Å². The zero-order chi connectivity index (χ0) is 23.8. The van der Waals surface area contributed by atoms with Gasteiger partial charge < -0.3 is 4.43 Å². The van der Waals surface area contributed by atoms with Gasteiger partial charge in [0.25, 0.3) is 5.97 Å². The Morgan fingerprint density at radius 3 is 1.19 bits per heavy atom. The van der Waals surface area contributed by atoms with Crippen LogP contribution in [0.3, 0.4) is 0 Å². The molecule has 0 rings (SSSR count). The van der Waals surface area contributed by atoms with E-state index in [1.54, 1.807) is 0 Å².